The van der Waals surface area contributed by atoms with Gasteiger partial charge in [0.1, 0.15) is 0 Å². The molecule has 0 aliphatic heterocycles. The van der Waals surface area contributed by atoms with Crippen molar-refractivity contribution in [1.29, 1.82) is 0 Å². The zero-order valence-corrected chi connectivity index (χ0v) is 11.3. The Morgan fingerprint density at radius 1 is 1.32 bits per heavy atom. The molecule has 0 aliphatic rings. The summed E-state index contributed by atoms with van der Waals surface area (Å²) < 4.78 is 4.63. The van der Waals surface area contributed by atoms with Gasteiger partial charge in [-0.25, -0.2) is 0 Å². The van der Waals surface area contributed by atoms with Crippen LogP contribution in [0.25, 0.3) is 6.08 Å². The maximum atomic E-state index is 11.1. The van der Waals surface area contributed by atoms with E-state index in [2.05, 4.69) is 10.1 Å². The summed E-state index contributed by atoms with van der Waals surface area (Å²) in [6.45, 7) is 1.98. The van der Waals surface area contributed by atoms with Crippen LogP contribution in [0.1, 0.15) is 24.5 Å². The van der Waals surface area contributed by atoms with Gasteiger partial charge in [-0.3, -0.25) is 9.59 Å². The Morgan fingerprint density at radius 3 is 2.74 bits per heavy atom. The highest BCUT2D eigenvalue weighted by Crippen LogP contribution is 2.13. The molecular weight excluding hydrogens is 242 g/mol. The topological polar surface area (TPSA) is 55.4 Å². The normalized spacial score (nSPS) is 10.4. The van der Waals surface area contributed by atoms with Gasteiger partial charge in [-0.15, -0.1) is 0 Å². The highest BCUT2D eigenvalue weighted by Gasteiger charge is 2.03. The predicted octanol–water partition coefficient (Wildman–Crippen LogP) is 1.94. The van der Waals surface area contributed by atoms with Crippen LogP contribution in [0.3, 0.4) is 0 Å². The number of aryl methyl sites for hydroxylation is 1. The van der Waals surface area contributed by atoms with Crippen molar-refractivity contribution in [2.24, 2.45) is 0 Å². The molecule has 19 heavy (non-hydrogen) atoms. The van der Waals surface area contributed by atoms with Crippen LogP contribution in [0.4, 0.5) is 0 Å². The Kier molecular flexibility index (Phi) is 6.36. The van der Waals surface area contributed by atoms with Crippen LogP contribution >= 0.6 is 0 Å². The van der Waals surface area contributed by atoms with Crippen molar-refractivity contribution in [3.8, 4) is 0 Å². The van der Waals surface area contributed by atoms with E-state index in [1.54, 1.807) is 0 Å². The lowest BCUT2D eigenvalue weighted by Gasteiger charge is -2.05. The molecule has 0 fully saturated rings. The highest BCUT2D eigenvalue weighted by atomic mass is 16.5. The highest BCUT2D eigenvalue weighted by molar-refractivity contribution is 5.73. The van der Waals surface area contributed by atoms with Crippen LogP contribution in [0.2, 0.25) is 0 Å². The molecule has 0 aliphatic carbocycles. The summed E-state index contributed by atoms with van der Waals surface area (Å²) in [5.41, 5.74) is 2.14. The van der Waals surface area contributed by atoms with Crippen LogP contribution in [0.15, 0.2) is 30.3 Å². The second-order valence-corrected chi connectivity index (χ2v) is 4.11. The van der Waals surface area contributed by atoms with Gasteiger partial charge >= 0.3 is 5.97 Å². The van der Waals surface area contributed by atoms with Crippen LogP contribution in [-0.4, -0.2) is 25.5 Å². The van der Waals surface area contributed by atoms with E-state index >= 15 is 0 Å². The molecule has 0 saturated carbocycles. The maximum Gasteiger partial charge on any atom is 0.305 e. The second-order valence-electron chi connectivity index (χ2n) is 4.11. The molecule has 0 unspecified atom stereocenters. The van der Waals surface area contributed by atoms with Crippen LogP contribution in [0.5, 0.6) is 0 Å². The summed E-state index contributed by atoms with van der Waals surface area (Å²) in [7, 11) is 1.39. The van der Waals surface area contributed by atoms with Gasteiger partial charge in [0, 0.05) is 19.9 Å². The SMILES string of the molecule is COC(=O)CCc1ccccc1C=CCNC(C)=O. The Bertz CT molecular complexity index is 466. The molecule has 0 spiro atoms. The van der Waals surface area contributed by atoms with E-state index in [4.69, 9.17) is 0 Å². The summed E-state index contributed by atoms with van der Waals surface area (Å²) in [6.07, 6.45) is 4.85. The average Bonchev–Trinajstić information content (AvgIpc) is 2.41. The number of carbonyl (C=O) groups is 2. The van der Waals surface area contributed by atoms with E-state index in [1.165, 1.54) is 14.0 Å². The molecule has 0 heterocycles. The van der Waals surface area contributed by atoms with Crippen molar-refractivity contribution in [3.05, 3.63) is 41.5 Å². The number of methoxy groups -OCH3 is 1. The quantitative estimate of drug-likeness (QED) is 0.796. The zero-order valence-electron chi connectivity index (χ0n) is 11.3. The van der Waals surface area contributed by atoms with E-state index in [-0.39, 0.29) is 11.9 Å². The summed E-state index contributed by atoms with van der Waals surface area (Å²) in [5, 5.41) is 2.69. The fourth-order valence-electron chi connectivity index (χ4n) is 1.65. The van der Waals surface area contributed by atoms with Crippen LogP contribution in [0, 0.1) is 0 Å². The molecule has 1 N–H and O–H groups in total. The van der Waals surface area contributed by atoms with Crippen molar-refractivity contribution < 1.29 is 14.3 Å². The molecule has 102 valence electrons. The van der Waals surface area contributed by atoms with E-state index in [1.807, 2.05) is 36.4 Å². The lowest BCUT2D eigenvalue weighted by Crippen LogP contribution is -2.19. The summed E-state index contributed by atoms with van der Waals surface area (Å²) >= 11 is 0. The number of esters is 1. The third kappa shape index (κ3) is 5.86. The monoisotopic (exact) mass is 261 g/mol. The number of hydrogen-bond donors (Lipinski definition) is 1. The van der Waals surface area contributed by atoms with Crippen LogP contribution < -0.4 is 5.32 Å². The van der Waals surface area contributed by atoms with Crippen molar-refractivity contribution >= 4 is 18.0 Å². The van der Waals surface area contributed by atoms with Crippen molar-refractivity contribution in [2.45, 2.75) is 19.8 Å². The third-order valence-corrected chi connectivity index (χ3v) is 2.65. The molecule has 4 nitrogen and oxygen atoms in total. The van der Waals surface area contributed by atoms with Crippen molar-refractivity contribution in [2.75, 3.05) is 13.7 Å². The molecule has 0 saturated heterocycles. The lowest BCUT2D eigenvalue weighted by atomic mass is 10.0. The largest absolute Gasteiger partial charge is 0.469 e. The van der Waals surface area contributed by atoms with E-state index < -0.39 is 0 Å². The van der Waals surface area contributed by atoms with Gasteiger partial charge in [-0.05, 0) is 17.5 Å². The molecule has 4 heteroatoms. The van der Waals surface area contributed by atoms with Gasteiger partial charge in [-0.2, -0.15) is 0 Å². The Labute approximate surface area is 113 Å². The molecule has 1 amide bonds. The first-order chi connectivity index (χ1) is 9.13. The number of benzene rings is 1. The summed E-state index contributed by atoms with van der Waals surface area (Å²) in [5.74, 6) is -0.263. The number of rotatable bonds is 6. The fraction of sp³-hybridized carbons (Fsp3) is 0.333. The number of nitrogens with one attached hydrogen (secondary N) is 1. The molecule has 1 rings (SSSR count). The summed E-state index contributed by atoms with van der Waals surface area (Å²) in [6, 6.07) is 7.86. The number of hydrogen-bond acceptors (Lipinski definition) is 3. The third-order valence-electron chi connectivity index (χ3n) is 2.65. The standard InChI is InChI=1S/C15H19NO3/c1-12(17)16-11-5-8-13-6-3-4-7-14(13)9-10-15(18)19-2/h3-8H,9-11H2,1-2H3,(H,16,17). The maximum absolute atomic E-state index is 11.1. The fourth-order valence-corrected chi connectivity index (χ4v) is 1.65. The van der Waals surface area contributed by atoms with E-state index in [0.717, 1.165) is 11.1 Å². The average molecular weight is 261 g/mol. The Morgan fingerprint density at radius 2 is 2.05 bits per heavy atom. The molecule has 0 radical (unpaired) electrons. The minimum absolute atomic E-state index is 0.0522. The van der Waals surface area contributed by atoms with Gasteiger partial charge in [0.05, 0.1) is 7.11 Å². The first-order valence-electron chi connectivity index (χ1n) is 6.19. The lowest BCUT2D eigenvalue weighted by molar-refractivity contribution is -0.140. The van der Waals surface area contributed by atoms with E-state index in [9.17, 15) is 9.59 Å². The van der Waals surface area contributed by atoms with E-state index in [0.29, 0.717) is 19.4 Å². The Balaban J connectivity index is 2.62. The molecule has 0 aromatic heterocycles. The van der Waals surface area contributed by atoms with Gasteiger partial charge in [-0.1, -0.05) is 36.4 Å². The first kappa shape index (κ1) is 15.0. The molecule has 1 aromatic rings. The number of ether oxygens (including phenoxy) is 1. The van der Waals surface area contributed by atoms with Gasteiger partial charge in [0.25, 0.3) is 0 Å². The molecule has 0 atom stereocenters. The van der Waals surface area contributed by atoms with Gasteiger partial charge in [0.2, 0.25) is 5.91 Å². The molecule has 1 aromatic carbocycles. The minimum Gasteiger partial charge on any atom is -0.469 e. The van der Waals surface area contributed by atoms with Gasteiger partial charge < -0.3 is 10.1 Å². The van der Waals surface area contributed by atoms with Crippen molar-refractivity contribution in [3.63, 3.8) is 0 Å². The van der Waals surface area contributed by atoms with Gasteiger partial charge in [0.15, 0.2) is 0 Å². The predicted molar refractivity (Wildman–Crippen MR) is 74.5 cm³/mol. The molecular formula is C15H19NO3. The first-order valence-corrected chi connectivity index (χ1v) is 6.19. The second kappa shape index (κ2) is 8.08. The molecule has 0 bridgehead atoms. The smallest absolute Gasteiger partial charge is 0.305 e. The van der Waals surface area contributed by atoms with Crippen LogP contribution in [-0.2, 0) is 20.7 Å². The minimum atomic E-state index is -0.211. The zero-order chi connectivity index (χ0) is 14.1. The Hall–Kier alpha value is -2.10. The number of amides is 1. The number of carbonyl (C=O) groups excluding carboxylic acids is 2. The van der Waals surface area contributed by atoms with Crippen molar-refractivity contribution in [1.82, 2.24) is 5.32 Å². The summed E-state index contributed by atoms with van der Waals surface area (Å²) in [4.78, 5) is 21.9.